The highest BCUT2D eigenvalue weighted by atomic mass is 32.1. The van der Waals surface area contributed by atoms with Gasteiger partial charge in [0.1, 0.15) is 4.70 Å². The molecule has 110 valence electrons. The number of H-pyrrole nitrogens is 1. The Labute approximate surface area is 129 Å². The van der Waals surface area contributed by atoms with Crippen molar-refractivity contribution in [2.45, 2.75) is 0 Å². The lowest BCUT2D eigenvalue weighted by atomic mass is 10.1. The van der Waals surface area contributed by atoms with E-state index in [4.69, 9.17) is 9.47 Å². The van der Waals surface area contributed by atoms with Gasteiger partial charge in [0.25, 0.3) is 5.56 Å². The summed E-state index contributed by atoms with van der Waals surface area (Å²) in [4.78, 5) is 15.4. The van der Waals surface area contributed by atoms with Crippen molar-refractivity contribution in [1.82, 2.24) is 4.98 Å². The molecule has 5 heteroatoms. The zero-order valence-corrected chi connectivity index (χ0v) is 12.9. The molecule has 0 unspecified atom stereocenters. The van der Waals surface area contributed by atoms with Crippen LogP contribution in [0.2, 0.25) is 0 Å². The number of rotatable bonds is 2. The van der Waals surface area contributed by atoms with E-state index in [1.165, 1.54) is 11.3 Å². The van der Waals surface area contributed by atoms with Gasteiger partial charge >= 0.3 is 0 Å². The molecule has 0 fully saturated rings. The van der Waals surface area contributed by atoms with E-state index in [0.29, 0.717) is 17.0 Å². The van der Waals surface area contributed by atoms with Crippen LogP contribution in [0.25, 0.3) is 31.1 Å². The number of pyridine rings is 1. The fourth-order valence-electron chi connectivity index (χ4n) is 2.90. The van der Waals surface area contributed by atoms with Crippen LogP contribution in [0.3, 0.4) is 0 Å². The Morgan fingerprint density at radius 3 is 2.59 bits per heavy atom. The van der Waals surface area contributed by atoms with E-state index >= 15 is 0 Å². The van der Waals surface area contributed by atoms with Crippen LogP contribution in [0.5, 0.6) is 11.5 Å². The van der Waals surface area contributed by atoms with Gasteiger partial charge in [0.05, 0.1) is 19.7 Å². The Bertz CT molecular complexity index is 1080. The van der Waals surface area contributed by atoms with Crippen molar-refractivity contribution in [2.75, 3.05) is 14.2 Å². The van der Waals surface area contributed by atoms with Crippen LogP contribution < -0.4 is 15.0 Å². The van der Waals surface area contributed by atoms with Gasteiger partial charge in [0.2, 0.25) is 0 Å². The fraction of sp³-hybridized carbons (Fsp3) is 0.118. The van der Waals surface area contributed by atoms with Crippen LogP contribution in [-0.4, -0.2) is 19.2 Å². The summed E-state index contributed by atoms with van der Waals surface area (Å²) in [7, 11) is 3.16. The highest BCUT2D eigenvalue weighted by Crippen LogP contribution is 2.40. The molecule has 0 aliphatic carbocycles. The number of benzene rings is 2. The molecule has 22 heavy (non-hydrogen) atoms. The molecule has 0 aliphatic heterocycles. The van der Waals surface area contributed by atoms with E-state index in [2.05, 4.69) is 4.98 Å². The molecule has 4 aromatic rings. The number of ether oxygens (including phenoxy) is 2. The third kappa shape index (κ3) is 1.66. The van der Waals surface area contributed by atoms with Crippen molar-refractivity contribution in [1.29, 1.82) is 0 Å². The van der Waals surface area contributed by atoms with Crippen molar-refractivity contribution in [2.24, 2.45) is 0 Å². The summed E-state index contributed by atoms with van der Waals surface area (Å²) in [6.07, 6.45) is 0. The minimum Gasteiger partial charge on any atom is -0.493 e. The molecular weight excluding hydrogens is 298 g/mol. The number of aromatic nitrogens is 1. The Balaban J connectivity index is 2.31. The predicted octanol–water partition coefficient (Wildman–Crippen LogP) is 3.91. The van der Waals surface area contributed by atoms with Gasteiger partial charge in [-0.15, -0.1) is 11.3 Å². The fourth-order valence-corrected chi connectivity index (χ4v) is 4.01. The highest BCUT2D eigenvalue weighted by molar-refractivity contribution is 7.26. The largest absolute Gasteiger partial charge is 0.493 e. The summed E-state index contributed by atoms with van der Waals surface area (Å²) >= 11 is 1.51. The summed E-state index contributed by atoms with van der Waals surface area (Å²) in [6, 6.07) is 11.9. The lowest BCUT2D eigenvalue weighted by Gasteiger charge is -2.11. The van der Waals surface area contributed by atoms with Gasteiger partial charge in [0, 0.05) is 20.9 Å². The van der Waals surface area contributed by atoms with Crippen LogP contribution in [0.15, 0.2) is 41.2 Å². The summed E-state index contributed by atoms with van der Waals surface area (Å²) in [6.45, 7) is 0. The third-order valence-electron chi connectivity index (χ3n) is 3.86. The van der Waals surface area contributed by atoms with Crippen molar-refractivity contribution >= 4 is 42.4 Å². The Morgan fingerprint density at radius 2 is 1.82 bits per heavy atom. The van der Waals surface area contributed by atoms with Crippen LogP contribution in [0.4, 0.5) is 0 Å². The standard InChI is InChI=1S/C17H13NO3S/c1-20-11-8-7-10-13-9-5-3-4-6-12(9)22-16(13)17(19)18-14(10)15(11)21-2/h3-8H,1-2H3,(H,18,19). The van der Waals surface area contributed by atoms with E-state index in [9.17, 15) is 4.79 Å². The molecule has 2 aromatic carbocycles. The second kappa shape index (κ2) is 4.74. The molecule has 0 atom stereocenters. The molecule has 4 rings (SSSR count). The van der Waals surface area contributed by atoms with Crippen LogP contribution >= 0.6 is 11.3 Å². The first kappa shape index (κ1) is 13.2. The summed E-state index contributed by atoms with van der Waals surface area (Å²) in [5.74, 6) is 1.15. The lowest BCUT2D eigenvalue weighted by molar-refractivity contribution is 0.358. The second-order valence-corrected chi connectivity index (χ2v) is 6.03. The molecule has 0 amide bonds. The van der Waals surface area contributed by atoms with Crippen LogP contribution in [0, 0.1) is 0 Å². The topological polar surface area (TPSA) is 51.3 Å². The maximum atomic E-state index is 12.5. The zero-order chi connectivity index (χ0) is 15.3. The Morgan fingerprint density at radius 1 is 1.00 bits per heavy atom. The van der Waals surface area contributed by atoms with Gasteiger partial charge in [-0.3, -0.25) is 4.79 Å². The van der Waals surface area contributed by atoms with Gasteiger partial charge in [-0.2, -0.15) is 0 Å². The van der Waals surface area contributed by atoms with Gasteiger partial charge < -0.3 is 14.5 Å². The molecule has 0 radical (unpaired) electrons. The van der Waals surface area contributed by atoms with Crippen LogP contribution in [-0.2, 0) is 0 Å². The molecule has 0 aliphatic rings. The molecule has 2 aromatic heterocycles. The van der Waals surface area contributed by atoms with Gasteiger partial charge in [-0.05, 0) is 18.2 Å². The van der Waals surface area contributed by atoms with E-state index in [1.807, 2.05) is 36.4 Å². The Kier molecular flexibility index (Phi) is 2.84. The maximum absolute atomic E-state index is 12.5. The summed E-state index contributed by atoms with van der Waals surface area (Å²) < 4.78 is 12.6. The number of nitrogens with one attached hydrogen (secondary N) is 1. The average molecular weight is 311 g/mol. The smallest absolute Gasteiger partial charge is 0.266 e. The molecule has 2 heterocycles. The van der Waals surface area contributed by atoms with Crippen LogP contribution in [0.1, 0.15) is 0 Å². The van der Waals surface area contributed by atoms with Gasteiger partial charge in [0.15, 0.2) is 11.5 Å². The molecule has 0 saturated heterocycles. The highest BCUT2D eigenvalue weighted by Gasteiger charge is 2.16. The normalized spacial score (nSPS) is 11.4. The first-order valence-electron chi connectivity index (χ1n) is 6.83. The van der Waals surface area contributed by atoms with E-state index in [0.717, 1.165) is 25.6 Å². The molecule has 0 spiro atoms. The molecular formula is C17H13NO3S. The van der Waals surface area contributed by atoms with Crippen molar-refractivity contribution in [3.05, 3.63) is 46.8 Å². The minimum absolute atomic E-state index is 0.102. The van der Waals surface area contributed by atoms with E-state index in [-0.39, 0.29) is 5.56 Å². The number of fused-ring (bicyclic) bond motifs is 5. The lowest BCUT2D eigenvalue weighted by Crippen LogP contribution is -2.05. The molecule has 4 nitrogen and oxygen atoms in total. The monoisotopic (exact) mass is 311 g/mol. The van der Waals surface area contributed by atoms with E-state index in [1.54, 1.807) is 14.2 Å². The minimum atomic E-state index is -0.102. The number of thiophene rings is 1. The average Bonchev–Trinajstić information content (AvgIpc) is 2.94. The second-order valence-electron chi connectivity index (χ2n) is 4.98. The SMILES string of the molecule is COc1ccc2c([nH]c(=O)c3sc4ccccc4c32)c1OC. The molecule has 0 bridgehead atoms. The quantitative estimate of drug-likeness (QED) is 0.610. The molecule has 0 saturated carbocycles. The molecule has 1 N–H and O–H groups in total. The predicted molar refractivity (Wildman–Crippen MR) is 90.6 cm³/mol. The third-order valence-corrected chi connectivity index (χ3v) is 5.02. The van der Waals surface area contributed by atoms with Crippen molar-refractivity contribution in [3.63, 3.8) is 0 Å². The first-order chi connectivity index (χ1) is 10.7. The number of methoxy groups -OCH3 is 2. The van der Waals surface area contributed by atoms with Crippen molar-refractivity contribution in [3.8, 4) is 11.5 Å². The number of aromatic amines is 1. The number of hydrogen-bond acceptors (Lipinski definition) is 4. The van der Waals surface area contributed by atoms with Gasteiger partial charge in [-0.1, -0.05) is 18.2 Å². The summed E-state index contributed by atoms with van der Waals surface area (Å²) in [5.41, 5.74) is 0.568. The number of hydrogen-bond donors (Lipinski definition) is 1. The Hall–Kier alpha value is -2.53. The van der Waals surface area contributed by atoms with Crippen molar-refractivity contribution < 1.29 is 9.47 Å². The zero-order valence-electron chi connectivity index (χ0n) is 12.1. The summed E-state index contributed by atoms with van der Waals surface area (Å²) in [5, 5.41) is 3.02. The van der Waals surface area contributed by atoms with E-state index < -0.39 is 0 Å². The van der Waals surface area contributed by atoms with Gasteiger partial charge in [-0.25, -0.2) is 0 Å². The maximum Gasteiger partial charge on any atom is 0.266 e. The first-order valence-corrected chi connectivity index (χ1v) is 7.64.